The van der Waals surface area contributed by atoms with Crippen molar-refractivity contribution in [1.29, 1.82) is 5.26 Å². The van der Waals surface area contributed by atoms with E-state index in [4.69, 9.17) is 15.7 Å². The first-order valence-electron chi connectivity index (χ1n) is 6.61. The van der Waals surface area contributed by atoms with E-state index in [1.165, 1.54) is 5.56 Å². The van der Waals surface area contributed by atoms with Gasteiger partial charge in [0.25, 0.3) is 0 Å². The van der Waals surface area contributed by atoms with Crippen LogP contribution in [-0.2, 0) is 4.74 Å². The highest BCUT2D eigenvalue weighted by Gasteiger charge is 2.23. The molecule has 2 atom stereocenters. The van der Waals surface area contributed by atoms with Gasteiger partial charge in [-0.1, -0.05) is 30.3 Å². The SMILES string of the molecule is COCCN(CCC#N)C(c1ccccc1)C(C)N. The van der Waals surface area contributed by atoms with Gasteiger partial charge in [0.15, 0.2) is 0 Å². The van der Waals surface area contributed by atoms with Gasteiger partial charge in [-0.2, -0.15) is 5.26 Å². The Morgan fingerprint density at radius 1 is 1.32 bits per heavy atom. The van der Waals surface area contributed by atoms with Crippen molar-refractivity contribution in [3.05, 3.63) is 35.9 Å². The van der Waals surface area contributed by atoms with Crippen LogP contribution >= 0.6 is 0 Å². The molecule has 0 amide bonds. The van der Waals surface area contributed by atoms with E-state index in [0.717, 1.165) is 6.54 Å². The van der Waals surface area contributed by atoms with Crippen molar-refractivity contribution in [3.8, 4) is 6.07 Å². The lowest BCUT2D eigenvalue weighted by Crippen LogP contribution is -2.41. The Kier molecular flexibility index (Phi) is 7.12. The lowest BCUT2D eigenvalue weighted by molar-refractivity contribution is 0.112. The van der Waals surface area contributed by atoms with Crippen LogP contribution in [0.1, 0.15) is 24.9 Å². The third kappa shape index (κ3) is 4.99. The lowest BCUT2D eigenvalue weighted by Gasteiger charge is -2.34. The van der Waals surface area contributed by atoms with Crippen molar-refractivity contribution >= 4 is 0 Å². The Hall–Kier alpha value is -1.41. The highest BCUT2D eigenvalue weighted by molar-refractivity contribution is 5.20. The van der Waals surface area contributed by atoms with Gasteiger partial charge in [0.2, 0.25) is 0 Å². The molecular weight excluding hydrogens is 238 g/mol. The Morgan fingerprint density at radius 3 is 2.53 bits per heavy atom. The first-order chi connectivity index (χ1) is 9.20. The molecule has 0 aliphatic carbocycles. The normalized spacial score (nSPS) is 14.1. The molecule has 4 nitrogen and oxygen atoms in total. The van der Waals surface area contributed by atoms with Crippen LogP contribution in [0.25, 0.3) is 0 Å². The van der Waals surface area contributed by atoms with Gasteiger partial charge >= 0.3 is 0 Å². The molecule has 2 N–H and O–H groups in total. The standard InChI is InChI=1S/C15H23N3O/c1-13(17)15(14-7-4-3-5-8-14)18(10-6-9-16)11-12-19-2/h3-5,7-8,13,15H,6,10-12,17H2,1-2H3. The van der Waals surface area contributed by atoms with Crippen LogP contribution in [-0.4, -0.2) is 37.7 Å². The topological polar surface area (TPSA) is 62.3 Å². The van der Waals surface area contributed by atoms with Crippen molar-refractivity contribution in [2.24, 2.45) is 5.73 Å². The van der Waals surface area contributed by atoms with Crippen LogP contribution in [0.15, 0.2) is 30.3 Å². The van der Waals surface area contributed by atoms with Gasteiger partial charge in [-0.25, -0.2) is 0 Å². The predicted molar refractivity (Wildman–Crippen MR) is 76.5 cm³/mol. The fourth-order valence-electron chi connectivity index (χ4n) is 2.29. The summed E-state index contributed by atoms with van der Waals surface area (Å²) < 4.78 is 5.15. The quantitative estimate of drug-likeness (QED) is 0.776. The molecule has 0 fully saturated rings. The summed E-state index contributed by atoms with van der Waals surface area (Å²) in [7, 11) is 1.69. The molecule has 0 heterocycles. The summed E-state index contributed by atoms with van der Waals surface area (Å²) in [4.78, 5) is 2.23. The third-order valence-corrected chi connectivity index (χ3v) is 3.13. The Labute approximate surface area is 115 Å². The number of hydrogen-bond donors (Lipinski definition) is 1. The van der Waals surface area contributed by atoms with E-state index in [-0.39, 0.29) is 12.1 Å². The number of nitriles is 1. The van der Waals surface area contributed by atoms with Crippen LogP contribution < -0.4 is 5.73 Å². The molecule has 0 bridgehead atoms. The zero-order chi connectivity index (χ0) is 14.1. The fourth-order valence-corrected chi connectivity index (χ4v) is 2.29. The molecule has 0 saturated heterocycles. The highest BCUT2D eigenvalue weighted by Crippen LogP contribution is 2.23. The molecule has 0 spiro atoms. The smallest absolute Gasteiger partial charge is 0.0635 e. The van der Waals surface area contributed by atoms with Crippen LogP contribution in [0.4, 0.5) is 0 Å². The van der Waals surface area contributed by atoms with Crippen LogP contribution in [0.3, 0.4) is 0 Å². The molecule has 1 rings (SSSR count). The molecule has 0 radical (unpaired) electrons. The maximum atomic E-state index is 8.79. The largest absolute Gasteiger partial charge is 0.383 e. The van der Waals surface area contributed by atoms with Crippen molar-refractivity contribution in [3.63, 3.8) is 0 Å². The summed E-state index contributed by atoms with van der Waals surface area (Å²) in [5, 5.41) is 8.79. The molecule has 2 unspecified atom stereocenters. The number of hydrogen-bond acceptors (Lipinski definition) is 4. The summed E-state index contributed by atoms with van der Waals surface area (Å²) in [6, 6.07) is 12.5. The molecule has 1 aromatic rings. The maximum Gasteiger partial charge on any atom is 0.0635 e. The minimum atomic E-state index is -0.00190. The van der Waals surface area contributed by atoms with Gasteiger partial charge in [-0.05, 0) is 12.5 Å². The molecule has 0 aromatic heterocycles. The number of methoxy groups -OCH3 is 1. The van der Waals surface area contributed by atoms with E-state index >= 15 is 0 Å². The van der Waals surface area contributed by atoms with E-state index in [1.54, 1.807) is 7.11 Å². The first-order valence-corrected chi connectivity index (χ1v) is 6.61. The monoisotopic (exact) mass is 261 g/mol. The average molecular weight is 261 g/mol. The lowest BCUT2D eigenvalue weighted by atomic mass is 9.99. The molecule has 0 aliphatic rings. The van der Waals surface area contributed by atoms with E-state index in [1.807, 2.05) is 25.1 Å². The summed E-state index contributed by atoms with van der Waals surface area (Å²) in [6.45, 7) is 4.13. The number of nitrogens with two attached hydrogens (primary N) is 1. The maximum absolute atomic E-state index is 8.79. The second-order valence-electron chi connectivity index (χ2n) is 4.65. The van der Waals surface area contributed by atoms with Gasteiger partial charge in [0, 0.05) is 38.7 Å². The zero-order valence-corrected chi connectivity index (χ0v) is 11.7. The first kappa shape index (κ1) is 15.6. The minimum Gasteiger partial charge on any atom is -0.383 e. The van der Waals surface area contributed by atoms with Crippen LogP contribution in [0.5, 0.6) is 0 Å². The van der Waals surface area contributed by atoms with Gasteiger partial charge in [-0.15, -0.1) is 0 Å². The zero-order valence-electron chi connectivity index (χ0n) is 11.7. The Bertz CT molecular complexity index is 386. The Balaban J connectivity index is 2.88. The van der Waals surface area contributed by atoms with Crippen molar-refractivity contribution in [1.82, 2.24) is 4.90 Å². The summed E-state index contributed by atoms with van der Waals surface area (Å²) in [5.41, 5.74) is 7.33. The highest BCUT2D eigenvalue weighted by atomic mass is 16.5. The summed E-state index contributed by atoms with van der Waals surface area (Å²) >= 11 is 0. The molecule has 0 aliphatic heterocycles. The van der Waals surface area contributed by atoms with Crippen LogP contribution in [0.2, 0.25) is 0 Å². The van der Waals surface area contributed by atoms with Gasteiger partial charge < -0.3 is 10.5 Å². The number of nitrogens with zero attached hydrogens (tertiary/aromatic N) is 2. The fraction of sp³-hybridized carbons (Fsp3) is 0.533. The van der Waals surface area contributed by atoms with Gasteiger partial charge in [-0.3, -0.25) is 4.90 Å². The number of ether oxygens (including phenoxy) is 1. The molecular formula is C15H23N3O. The molecule has 4 heteroatoms. The third-order valence-electron chi connectivity index (χ3n) is 3.13. The summed E-state index contributed by atoms with van der Waals surface area (Å²) in [6.07, 6.45) is 0.500. The van der Waals surface area contributed by atoms with E-state index in [2.05, 4.69) is 23.1 Å². The summed E-state index contributed by atoms with van der Waals surface area (Å²) in [5.74, 6) is 0. The van der Waals surface area contributed by atoms with Crippen molar-refractivity contribution in [2.45, 2.75) is 25.4 Å². The van der Waals surface area contributed by atoms with Crippen LogP contribution in [0, 0.1) is 11.3 Å². The van der Waals surface area contributed by atoms with Gasteiger partial charge in [0.1, 0.15) is 0 Å². The van der Waals surface area contributed by atoms with Crippen molar-refractivity contribution in [2.75, 3.05) is 26.8 Å². The molecule has 19 heavy (non-hydrogen) atoms. The molecule has 1 aromatic carbocycles. The number of rotatable bonds is 8. The van der Waals surface area contributed by atoms with E-state index in [0.29, 0.717) is 19.6 Å². The number of benzene rings is 1. The predicted octanol–water partition coefficient (Wildman–Crippen LogP) is 1.94. The van der Waals surface area contributed by atoms with Crippen molar-refractivity contribution < 1.29 is 4.74 Å². The van der Waals surface area contributed by atoms with E-state index in [9.17, 15) is 0 Å². The molecule has 104 valence electrons. The second kappa shape index (κ2) is 8.65. The Morgan fingerprint density at radius 2 is 2.00 bits per heavy atom. The second-order valence-corrected chi connectivity index (χ2v) is 4.65. The van der Waals surface area contributed by atoms with E-state index < -0.39 is 0 Å². The average Bonchev–Trinajstić information content (AvgIpc) is 2.42. The minimum absolute atomic E-state index is 0.00190. The van der Waals surface area contributed by atoms with Gasteiger partial charge in [0.05, 0.1) is 12.7 Å². The molecule has 0 saturated carbocycles.